The molecule has 22 heavy (non-hydrogen) atoms. The van der Waals surface area contributed by atoms with Gasteiger partial charge in [-0.2, -0.15) is 0 Å². The molecule has 1 N–H and O–H groups in total. The van der Waals surface area contributed by atoms with E-state index in [1.807, 2.05) is 0 Å². The molecule has 118 valence electrons. The van der Waals surface area contributed by atoms with E-state index in [2.05, 4.69) is 21.2 Å². The van der Waals surface area contributed by atoms with E-state index in [0.29, 0.717) is 16.8 Å². The predicted molar refractivity (Wildman–Crippen MR) is 80.7 cm³/mol. The van der Waals surface area contributed by atoms with Crippen LogP contribution in [0.3, 0.4) is 0 Å². The van der Waals surface area contributed by atoms with E-state index >= 15 is 0 Å². The predicted octanol–water partition coefficient (Wildman–Crippen LogP) is 1.55. The number of carbonyl (C=O) groups excluding carboxylic acids is 3. The van der Waals surface area contributed by atoms with Crippen molar-refractivity contribution < 1.29 is 23.9 Å². The van der Waals surface area contributed by atoms with Gasteiger partial charge in [0.25, 0.3) is 5.91 Å². The van der Waals surface area contributed by atoms with Crippen LogP contribution in [0.25, 0.3) is 0 Å². The molecule has 7 nitrogen and oxygen atoms in total. The monoisotopic (exact) mass is 370 g/mol. The fourth-order valence-electron chi connectivity index (χ4n) is 1.97. The molecule has 0 radical (unpaired) electrons. The normalized spacial score (nSPS) is 15.2. The summed E-state index contributed by atoms with van der Waals surface area (Å²) in [6.45, 7) is 2.11. The summed E-state index contributed by atoms with van der Waals surface area (Å²) < 4.78 is 10.8. The van der Waals surface area contributed by atoms with Crippen LogP contribution in [-0.2, 0) is 9.53 Å². The summed E-state index contributed by atoms with van der Waals surface area (Å²) in [5.74, 6) is -0.617. The number of esters is 1. The lowest BCUT2D eigenvalue weighted by molar-refractivity contribution is -0.136. The molecule has 8 heteroatoms. The molecule has 1 aliphatic heterocycles. The fraction of sp³-hybridized carbons (Fsp3) is 0.357. The van der Waals surface area contributed by atoms with Crippen LogP contribution in [0, 0.1) is 0 Å². The molecule has 1 atom stereocenters. The van der Waals surface area contributed by atoms with E-state index in [1.54, 1.807) is 12.1 Å². The zero-order valence-electron chi connectivity index (χ0n) is 12.1. The maximum absolute atomic E-state index is 12.1. The number of imide groups is 1. The number of nitrogens with zero attached hydrogens (tertiary/aromatic N) is 1. The Morgan fingerprint density at radius 1 is 1.41 bits per heavy atom. The summed E-state index contributed by atoms with van der Waals surface area (Å²) in [6.07, 6.45) is -1.04. The third kappa shape index (κ3) is 3.38. The molecule has 0 aliphatic carbocycles. The number of amides is 3. The minimum atomic E-state index is -1.04. The molecule has 1 saturated heterocycles. The minimum absolute atomic E-state index is 0.271. The van der Waals surface area contributed by atoms with Crippen molar-refractivity contribution >= 4 is 33.8 Å². The maximum Gasteiger partial charge on any atom is 0.338 e. The van der Waals surface area contributed by atoms with Crippen LogP contribution in [-0.4, -0.2) is 49.1 Å². The van der Waals surface area contributed by atoms with Crippen molar-refractivity contribution in [1.82, 2.24) is 10.2 Å². The van der Waals surface area contributed by atoms with Crippen LogP contribution in [0.4, 0.5) is 4.79 Å². The van der Waals surface area contributed by atoms with Crippen molar-refractivity contribution in [2.75, 3.05) is 20.2 Å². The third-order valence-corrected chi connectivity index (χ3v) is 3.76. The molecule has 1 aliphatic rings. The van der Waals surface area contributed by atoms with E-state index in [1.165, 1.54) is 20.1 Å². The van der Waals surface area contributed by atoms with Gasteiger partial charge in [-0.3, -0.25) is 9.69 Å². The summed E-state index contributed by atoms with van der Waals surface area (Å²) >= 11 is 3.27. The van der Waals surface area contributed by atoms with Gasteiger partial charge in [-0.15, -0.1) is 0 Å². The second kappa shape index (κ2) is 6.78. The van der Waals surface area contributed by atoms with Gasteiger partial charge in [0.2, 0.25) is 0 Å². The van der Waals surface area contributed by atoms with E-state index in [9.17, 15) is 14.4 Å². The molecule has 1 aromatic rings. The zero-order chi connectivity index (χ0) is 16.3. The largest absolute Gasteiger partial charge is 0.496 e. The first-order chi connectivity index (χ1) is 10.4. The van der Waals surface area contributed by atoms with Crippen LogP contribution in [0.2, 0.25) is 0 Å². The summed E-state index contributed by atoms with van der Waals surface area (Å²) in [4.78, 5) is 36.6. The second-order valence-electron chi connectivity index (χ2n) is 4.62. The van der Waals surface area contributed by atoms with E-state index in [0.717, 1.165) is 4.90 Å². The number of benzene rings is 1. The third-order valence-electron chi connectivity index (χ3n) is 3.14. The number of rotatable bonds is 4. The van der Waals surface area contributed by atoms with Gasteiger partial charge < -0.3 is 14.8 Å². The van der Waals surface area contributed by atoms with Crippen molar-refractivity contribution in [1.29, 1.82) is 0 Å². The van der Waals surface area contributed by atoms with Crippen molar-refractivity contribution in [2.45, 2.75) is 13.0 Å². The van der Waals surface area contributed by atoms with Crippen LogP contribution in [0.5, 0.6) is 5.75 Å². The first-order valence-electron chi connectivity index (χ1n) is 6.57. The van der Waals surface area contributed by atoms with E-state index < -0.39 is 24.0 Å². The Labute approximate surface area is 135 Å². The van der Waals surface area contributed by atoms with Gasteiger partial charge in [0, 0.05) is 13.1 Å². The molecule has 2 rings (SSSR count). The summed E-state index contributed by atoms with van der Waals surface area (Å²) in [5.41, 5.74) is 0.276. The highest BCUT2D eigenvalue weighted by atomic mass is 79.9. The second-order valence-corrected chi connectivity index (χ2v) is 5.47. The van der Waals surface area contributed by atoms with Crippen molar-refractivity contribution in [3.8, 4) is 5.75 Å². The lowest BCUT2D eigenvalue weighted by Crippen LogP contribution is -2.41. The van der Waals surface area contributed by atoms with Gasteiger partial charge in [0.1, 0.15) is 5.75 Å². The average molecular weight is 371 g/mol. The number of ether oxygens (including phenoxy) is 2. The molecule has 3 amide bonds. The maximum atomic E-state index is 12.1. The Bertz CT molecular complexity index is 619. The number of nitrogens with one attached hydrogen (secondary N) is 1. The Kier molecular flexibility index (Phi) is 5.02. The van der Waals surface area contributed by atoms with Gasteiger partial charge in [0.15, 0.2) is 6.10 Å². The van der Waals surface area contributed by atoms with Crippen LogP contribution in [0.1, 0.15) is 17.3 Å². The molecular weight excluding hydrogens is 356 g/mol. The molecule has 0 aromatic heterocycles. The number of hydrogen-bond acceptors (Lipinski definition) is 5. The molecule has 0 saturated carbocycles. The summed E-state index contributed by atoms with van der Waals surface area (Å²) in [5, 5.41) is 2.52. The molecule has 0 bridgehead atoms. The standard InChI is InChI=1S/C14H15BrN2O5/c1-8(12(18)17-6-5-16-14(17)20)22-13(19)9-3-4-11(21-2)10(15)7-9/h3-4,7-8H,5-6H2,1-2H3,(H,16,20). The Morgan fingerprint density at radius 3 is 2.68 bits per heavy atom. The van der Waals surface area contributed by atoms with Gasteiger partial charge in [0.05, 0.1) is 17.1 Å². The van der Waals surface area contributed by atoms with Gasteiger partial charge in [-0.05, 0) is 41.1 Å². The van der Waals surface area contributed by atoms with Crippen molar-refractivity contribution in [2.24, 2.45) is 0 Å². The lowest BCUT2D eigenvalue weighted by Gasteiger charge is -2.18. The number of urea groups is 1. The zero-order valence-corrected chi connectivity index (χ0v) is 13.7. The molecule has 1 heterocycles. The van der Waals surface area contributed by atoms with Crippen molar-refractivity contribution in [3.05, 3.63) is 28.2 Å². The van der Waals surface area contributed by atoms with Gasteiger partial charge in [-0.25, -0.2) is 9.59 Å². The fourth-order valence-corrected chi connectivity index (χ4v) is 2.51. The van der Waals surface area contributed by atoms with E-state index in [4.69, 9.17) is 9.47 Å². The lowest BCUT2D eigenvalue weighted by atomic mass is 10.2. The minimum Gasteiger partial charge on any atom is -0.496 e. The number of hydrogen-bond donors (Lipinski definition) is 1. The molecular formula is C14H15BrN2O5. The van der Waals surface area contributed by atoms with Gasteiger partial charge in [-0.1, -0.05) is 0 Å². The van der Waals surface area contributed by atoms with Gasteiger partial charge >= 0.3 is 12.0 Å². The number of carbonyl (C=O) groups is 3. The molecule has 1 fully saturated rings. The number of methoxy groups -OCH3 is 1. The average Bonchev–Trinajstić information content (AvgIpc) is 2.92. The highest BCUT2D eigenvalue weighted by Crippen LogP contribution is 2.26. The highest BCUT2D eigenvalue weighted by molar-refractivity contribution is 9.10. The molecule has 1 aromatic carbocycles. The smallest absolute Gasteiger partial charge is 0.338 e. The first kappa shape index (κ1) is 16.3. The first-order valence-corrected chi connectivity index (χ1v) is 7.37. The summed E-state index contributed by atoms with van der Waals surface area (Å²) in [7, 11) is 1.51. The highest BCUT2D eigenvalue weighted by Gasteiger charge is 2.31. The Balaban J connectivity index is 2.03. The van der Waals surface area contributed by atoms with Crippen molar-refractivity contribution in [3.63, 3.8) is 0 Å². The van der Waals surface area contributed by atoms with Crippen LogP contribution < -0.4 is 10.1 Å². The molecule has 1 unspecified atom stereocenters. The topological polar surface area (TPSA) is 84.9 Å². The number of halogens is 1. The summed E-state index contributed by atoms with van der Waals surface area (Å²) in [6, 6.07) is 4.22. The van der Waals surface area contributed by atoms with E-state index in [-0.39, 0.29) is 12.1 Å². The SMILES string of the molecule is COc1ccc(C(=O)OC(C)C(=O)N2CCNC2=O)cc1Br. The quantitative estimate of drug-likeness (QED) is 0.812. The Morgan fingerprint density at radius 2 is 2.14 bits per heavy atom. The Hall–Kier alpha value is -2.09. The van der Waals surface area contributed by atoms with Crippen LogP contribution >= 0.6 is 15.9 Å². The molecule has 0 spiro atoms. The van der Waals surface area contributed by atoms with Crippen LogP contribution in [0.15, 0.2) is 22.7 Å².